The van der Waals surface area contributed by atoms with Crippen LogP contribution in [-0.2, 0) is 4.74 Å². The molecule has 5 nitrogen and oxygen atoms in total. The van der Waals surface area contributed by atoms with Crippen LogP contribution in [0.5, 0.6) is 0 Å². The van der Waals surface area contributed by atoms with Crippen molar-refractivity contribution in [1.82, 2.24) is 20.0 Å². The number of hydrogen-bond acceptors (Lipinski definition) is 4. The third-order valence-electron chi connectivity index (χ3n) is 4.02. The summed E-state index contributed by atoms with van der Waals surface area (Å²) < 4.78 is 21.6. The summed E-state index contributed by atoms with van der Waals surface area (Å²) in [6, 6.07) is 1.70. The lowest BCUT2D eigenvalue weighted by molar-refractivity contribution is -0.00333. The third-order valence-corrected chi connectivity index (χ3v) is 4.28. The molecule has 0 unspecified atom stereocenters. The minimum Gasteiger partial charge on any atom is -0.376 e. The van der Waals surface area contributed by atoms with Gasteiger partial charge in [0.1, 0.15) is 5.69 Å². The van der Waals surface area contributed by atoms with E-state index in [4.69, 9.17) is 16.3 Å². The van der Waals surface area contributed by atoms with Crippen molar-refractivity contribution in [2.75, 3.05) is 6.61 Å². The Morgan fingerprint density at radius 3 is 3.05 bits per heavy atom. The van der Waals surface area contributed by atoms with Crippen molar-refractivity contribution in [2.45, 2.75) is 44.8 Å². The third kappa shape index (κ3) is 2.98. The first-order chi connectivity index (χ1) is 10.7. The van der Waals surface area contributed by atoms with Crippen molar-refractivity contribution < 1.29 is 9.13 Å². The van der Waals surface area contributed by atoms with Crippen molar-refractivity contribution in [3.05, 3.63) is 29.4 Å². The maximum absolute atomic E-state index is 14.0. The monoisotopic (exact) mass is 324 g/mol. The number of pyridine rings is 1. The smallest absolute Gasteiger partial charge is 0.169 e. The molecular formula is C15H18ClFN4O. The molecule has 3 rings (SSSR count). The summed E-state index contributed by atoms with van der Waals surface area (Å²) in [6.45, 7) is 2.67. The molecule has 1 saturated carbocycles. The van der Waals surface area contributed by atoms with E-state index in [1.54, 1.807) is 16.9 Å². The molecule has 0 saturated heterocycles. The lowest BCUT2D eigenvalue weighted by Gasteiger charge is -2.30. The Labute approximate surface area is 133 Å². The van der Waals surface area contributed by atoms with Gasteiger partial charge in [0.15, 0.2) is 11.0 Å². The van der Waals surface area contributed by atoms with Gasteiger partial charge < -0.3 is 4.74 Å². The molecular weight excluding hydrogens is 307 g/mol. The molecule has 7 heteroatoms. The average Bonchev–Trinajstić information content (AvgIpc) is 3.00. The summed E-state index contributed by atoms with van der Waals surface area (Å²) in [5, 5.41) is 8.11. The van der Waals surface area contributed by atoms with Crippen LogP contribution in [-0.4, -0.2) is 32.7 Å². The molecule has 0 amide bonds. The molecule has 0 aromatic carbocycles. The molecule has 2 atom stereocenters. The largest absolute Gasteiger partial charge is 0.376 e. The van der Waals surface area contributed by atoms with Gasteiger partial charge in [0.05, 0.1) is 18.3 Å². The van der Waals surface area contributed by atoms with Gasteiger partial charge in [0.2, 0.25) is 0 Å². The minimum atomic E-state index is -0.568. The van der Waals surface area contributed by atoms with Gasteiger partial charge in [0, 0.05) is 18.4 Å². The van der Waals surface area contributed by atoms with Crippen molar-refractivity contribution in [2.24, 2.45) is 0 Å². The van der Waals surface area contributed by atoms with E-state index in [0.29, 0.717) is 17.9 Å². The number of rotatable bonds is 4. The first-order valence-corrected chi connectivity index (χ1v) is 7.92. The van der Waals surface area contributed by atoms with E-state index < -0.39 is 5.82 Å². The van der Waals surface area contributed by atoms with E-state index in [1.165, 1.54) is 6.20 Å². The number of aromatic nitrogens is 4. The number of halogens is 2. The highest BCUT2D eigenvalue weighted by Gasteiger charge is 2.28. The zero-order chi connectivity index (χ0) is 15.5. The highest BCUT2D eigenvalue weighted by molar-refractivity contribution is 6.29. The Kier molecular flexibility index (Phi) is 4.69. The van der Waals surface area contributed by atoms with Crippen LogP contribution in [0.25, 0.3) is 11.3 Å². The van der Waals surface area contributed by atoms with Gasteiger partial charge >= 0.3 is 0 Å². The van der Waals surface area contributed by atoms with Crippen LogP contribution in [0.3, 0.4) is 0 Å². The normalized spacial score (nSPS) is 22.0. The van der Waals surface area contributed by atoms with Crippen molar-refractivity contribution in [1.29, 1.82) is 0 Å². The van der Waals surface area contributed by atoms with E-state index in [9.17, 15) is 4.39 Å². The molecule has 0 spiro atoms. The summed E-state index contributed by atoms with van der Waals surface area (Å²) in [5.41, 5.74) is 0.776. The Balaban J connectivity index is 1.88. The lowest BCUT2D eigenvalue weighted by atomic mass is 9.92. The standard InChI is InChI=1S/C15H18ClFN4O/c1-2-22-13-6-4-3-5-12(13)21-9-11(19-20-21)10-7-8-18-15(16)14(10)17/h7-9,12-13H,2-6H2,1H3/t12-,13-/m1/s1. The summed E-state index contributed by atoms with van der Waals surface area (Å²) in [6.07, 6.45) is 7.67. The van der Waals surface area contributed by atoms with Crippen LogP contribution in [0, 0.1) is 5.82 Å². The summed E-state index contributed by atoms with van der Waals surface area (Å²) in [5.74, 6) is -0.568. The Morgan fingerprint density at radius 2 is 2.23 bits per heavy atom. The second-order valence-electron chi connectivity index (χ2n) is 5.39. The van der Waals surface area contributed by atoms with Gasteiger partial charge in [-0.1, -0.05) is 29.7 Å². The molecule has 2 aromatic heterocycles. The Hall–Kier alpha value is -1.53. The molecule has 1 aliphatic rings. The van der Waals surface area contributed by atoms with Crippen molar-refractivity contribution >= 4 is 11.6 Å². The predicted molar refractivity (Wildman–Crippen MR) is 81.1 cm³/mol. The molecule has 1 fully saturated rings. The molecule has 22 heavy (non-hydrogen) atoms. The minimum absolute atomic E-state index is 0.138. The van der Waals surface area contributed by atoms with Gasteiger partial charge in [-0.25, -0.2) is 14.1 Å². The van der Waals surface area contributed by atoms with Crippen LogP contribution in [0.15, 0.2) is 18.5 Å². The van der Waals surface area contributed by atoms with E-state index in [2.05, 4.69) is 15.3 Å². The molecule has 1 aliphatic carbocycles. The Morgan fingerprint density at radius 1 is 1.41 bits per heavy atom. The lowest BCUT2D eigenvalue weighted by Crippen LogP contribution is -2.30. The molecule has 2 heterocycles. The average molecular weight is 325 g/mol. The molecule has 0 bridgehead atoms. The number of hydrogen-bond donors (Lipinski definition) is 0. The van der Waals surface area contributed by atoms with Gasteiger partial charge in [-0.3, -0.25) is 0 Å². The van der Waals surface area contributed by atoms with Gasteiger partial charge in [-0.05, 0) is 25.8 Å². The van der Waals surface area contributed by atoms with Crippen molar-refractivity contribution in [3.8, 4) is 11.3 Å². The fraction of sp³-hybridized carbons (Fsp3) is 0.533. The maximum atomic E-state index is 14.0. The zero-order valence-corrected chi connectivity index (χ0v) is 13.1. The quantitative estimate of drug-likeness (QED) is 0.805. The Bertz CT molecular complexity index is 646. The highest BCUT2D eigenvalue weighted by atomic mass is 35.5. The van der Waals surface area contributed by atoms with Gasteiger partial charge in [-0.15, -0.1) is 5.10 Å². The summed E-state index contributed by atoms with van der Waals surface area (Å²) >= 11 is 5.72. The zero-order valence-electron chi connectivity index (χ0n) is 12.4. The number of nitrogens with zero attached hydrogens (tertiary/aromatic N) is 4. The van der Waals surface area contributed by atoms with Crippen LogP contribution >= 0.6 is 11.6 Å². The van der Waals surface area contributed by atoms with E-state index in [-0.39, 0.29) is 17.3 Å². The second kappa shape index (κ2) is 6.71. The first-order valence-electron chi connectivity index (χ1n) is 7.54. The molecule has 2 aromatic rings. The predicted octanol–water partition coefficient (Wildman–Crippen LogP) is 3.65. The first kappa shape index (κ1) is 15.4. The van der Waals surface area contributed by atoms with Crippen LogP contribution in [0.1, 0.15) is 38.6 Å². The molecule has 0 N–H and O–H groups in total. The van der Waals surface area contributed by atoms with Crippen molar-refractivity contribution in [3.63, 3.8) is 0 Å². The van der Waals surface area contributed by atoms with E-state index in [0.717, 1.165) is 25.7 Å². The number of ether oxygens (including phenoxy) is 1. The fourth-order valence-corrected chi connectivity index (χ4v) is 3.12. The fourth-order valence-electron chi connectivity index (χ4n) is 2.97. The van der Waals surface area contributed by atoms with Crippen LogP contribution in [0.4, 0.5) is 4.39 Å². The van der Waals surface area contributed by atoms with Gasteiger partial charge in [-0.2, -0.15) is 0 Å². The second-order valence-corrected chi connectivity index (χ2v) is 5.75. The highest BCUT2D eigenvalue weighted by Crippen LogP contribution is 2.32. The SMILES string of the molecule is CCO[C@@H]1CCCC[C@H]1n1cc(-c2ccnc(Cl)c2F)nn1. The molecule has 118 valence electrons. The van der Waals surface area contributed by atoms with E-state index in [1.807, 2.05) is 6.92 Å². The van der Waals surface area contributed by atoms with Crippen LogP contribution in [0.2, 0.25) is 5.15 Å². The maximum Gasteiger partial charge on any atom is 0.169 e. The van der Waals surface area contributed by atoms with Crippen LogP contribution < -0.4 is 0 Å². The van der Waals surface area contributed by atoms with E-state index >= 15 is 0 Å². The topological polar surface area (TPSA) is 52.8 Å². The summed E-state index contributed by atoms with van der Waals surface area (Å²) in [7, 11) is 0. The molecule has 0 aliphatic heterocycles. The summed E-state index contributed by atoms with van der Waals surface area (Å²) in [4.78, 5) is 3.71. The molecule has 0 radical (unpaired) electrons. The van der Waals surface area contributed by atoms with Gasteiger partial charge in [0.25, 0.3) is 0 Å².